The molecule has 2 aromatic heterocycles. The van der Waals surface area contributed by atoms with E-state index in [9.17, 15) is 31.5 Å². The summed E-state index contributed by atoms with van der Waals surface area (Å²) in [6, 6.07) is -0.215. The van der Waals surface area contributed by atoms with Gasteiger partial charge in [0.1, 0.15) is 29.1 Å². The zero-order chi connectivity index (χ0) is 25.1. The first-order valence-electron chi connectivity index (χ1n) is 10.7. The van der Waals surface area contributed by atoms with Crippen molar-refractivity contribution in [3.8, 4) is 0 Å². The maximum Gasteiger partial charge on any atom is 0.408 e. The van der Waals surface area contributed by atoms with Gasteiger partial charge >= 0.3 is 6.18 Å². The number of benzene rings is 1. The fraction of sp³-hybridized carbons (Fsp3) is 0.429. The number of thiazole rings is 1. The van der Waals surface area contributed by atoms with Crippen LogP contribution in [0, 0.1) is 11.6 Å². The molecule has 2 saturated heterocycles. The second-order valence-electron chi connectivity index (χ2n) is 8.58. The SMILES string of the molecule is Nc1ncc(C(=O)N2CC(c3nn(CC(=O)N4CCC[C@H]4C(F)(F)F)c4cc(F)cc(F)c34)C2)s1. The standard InChI is InChI=1S/C21H19F5N6O2S/c22-11-4-12(23)17-13(5-11)32(9-16(33)31-3-1-2-15(31)21(24,25)26)29-18(17)10-7-30(8-10)19(34)14-6-28-20(27)35-14/h4-6,10,15H,1-3,7-9H2,(H2,27,28)/t15-/m0/s1. The average Bonchev–Trinajstić information content (AvgIpc) is 3.46. The molecule has 2 aliphatic heterocycles. The number of carbonyl (C=O) groups excluding carboxylic acids is 2. The molecule has 0 saturated carbocycles. The fourth-order valence-corrected chi connectivity index (χ4v) is 5.29. The summed E-state index contributed by atoms with van der Waals surface area (Å²) in [6.45, 7) is -0.271. The van der Waals surface area contributed by atoms with Crippen molar-refractivity contribution in [3.63, 3.8) is 0 Å². The Kier molecular flexibility index (Phi) is 5.65. The van der Waals surface area contributed by atoms with E-state index in [2.05, 4.69) is 10.1 Å². The largest absolute Gasteiger partial charge is 0.408 e. The van der Waals surface area contributed by atoms with Crippen LogP contribution in [0.15, 0.2) is 18.3 Å². The van der Waals surface area contributed by atoms with Gasteiger partial charge in [-0.25, -0.2) is 13.8 Å². The maximum atomic E-state index is 14.8. The molecular formula is C21H19F5N6O2S. The number of hydrogen-bond acceptors (Lipinski definition) is 6. The number of nitrogens with zero attached hydrogens (tertiary/aromatic N) is 5. The van der Waals surface area contributed by atoms with Gasteiger partial charge in [0.25, 0.3) is 5.91 Å². The molecule has 0 bridgehead atoms. The third-order valence-corrected chi connectivity index (χ3v) is 7.14. The molecule has 0 aliphatic carbocycles. The number of amides is 2. The monoisotopic (exact) mass is 514 g/mol. The number of fused-ring (bicyclic) bond motifs is 1. The molecule has 1 atom stereocenters. The highest BCUT2D eigenvalue weighted by Crippen LogP contribution is 2.36. The molecule has 0 radical (unpaired) electrons. The van der Waals surface area contributed by atoms with Gasteiger partial charge in [0, 0.05) is 37.7 Å². The summed E-state index contributed by atoms with van der Waals surface area (Å²) in [5, 5.41) is 4.52. The van der Waals surface area contributed by atoms with Gasteiger partial charge in [0.05, 0.1) is 22.8 Å². The van der Waals surface area contributed by atoms with Crippen LogP contribution < -0.4 is 5.73 Å². The summed E-state index contributed by atoms with van der Waals surface area (Å²) >= 11 is 1.03. The third kappa shape index (κ3) is 4.19. The molecule has 35 heavy (non-hydrogen) atoms. The van der Waals surface area contributed by atoms with E-state index >= 15 is 0 Å². The van der Waals surface area contributed by atoms with Crippen LogP contribution in [-0.2, 0) is 11.3 Å². The molecule has 4 heterocycles. The van der Waals surface area contributed by atoms with Crippen molar-refractivity contribution in [2.75, 3.05) is 25.4 Å². The van der Waals surface area contributed by atoms with Crippen molar-refractivity contribution in [2.24, 2.45) is 0 Å². The maximum absolute atomic E-state index is 14.8. The Morgan fingerprint density at radius 3 is 2.60 bits per heavy atom. The zero-order valence-electron chi connectivity index (χ0n) is 18.1. The van der Waals surface area contributed by atoms with Gasteiger partial charge in [0.15, 0.2) is 5.13 Å². The van der Waals surface area contributed by atoms with Gasteiger partial charge in [0.2, 0.25) is 5.91 Å². The fourth-order valence-electron chi connectivity index (χ4n) is 4.64. The zero-order valence-corrected chi connectivity index (χ0v) is 18.9. The number of hydrogen-bond donors (Lipinski definition) is 1. The summed E-state index contributed by atoms with van der Waals surface area (Å²) in [5.74, 6) is -3.34. The number of aromatic nitrogens is 3. The minimum atomic E-state index is -4.56. The van der Waals surface area contributed by atoms with E-state index in [1.807, 2.05) is 0 Å². The minimum absolute atomic E-state index is 0.0212. The predicted octanol–water partition coefficient (Wildman–Crippen LogP) is 3.15. The third-order valence-electron chi connectivity index (χ3n) is 6.32. The van der Waals surface area contributed by atoms with Crippen molar-refractivity contribution in [2.45, 2.75) is 37.5 Å². The van der Waals surface area contributed by atoms with Crippen LogP contribution in [0.1, 0.15) is 34.1 Å². The Bertz CT molecular complexity index is 1320. The smallest absolute Gasteiger partial charge is 0.375 e. The molecule has 2 amide bonds. The number of anilines is 1. The van der Waals surface area contributed by atoms with Crippen LogP contribution in [0.5, 0.6) is 0 Å². The quantitative estimate of drug-likeness (QED) is 0.540. The highest BCUT2D eigenvalue weighted by Gasteiger charge is 2.47. The van der Waals surface area contributed by atoms with E-state index < -0.39 is 42.2 Å². The average molecular weight is 514 g/mol. The van der Waals surface area contributed by atoms with E-state index in [1.54, 1.807) is 0 Å². The van der Waals surface area contributed by atoms with E-state index in [0.717, 1.165) is 27.0 Å². The van der Waals surface area contributed by atoms with Gasteiger partial charge in [-0.05, 0) is 12.8 Å². The van der Waals surface area contributed by atoms with Gasteiger partial charge in [-0.15, -0.1) is 0 Å². The number of likely N-dealkylation sites (tertiary alicyclic amines) is 2. The number of rotatable bonds is 4. The number of carbonyl (C=O) groups is 2. The lowest BCUT2D eigenvalue weighted by atomic mass is 9.93. The Hall–Kier alpha value is -3.29. The normalized spacial score (nSPS) is 18.9. The Morgan fingerprint density at radius 1 is 1.20 bits per heavy atom. The summed E-state index contributed by atoms with van der Waals surface area (Å²) in [7, 11) is 0. The van der Waals surface area contributed by atoms with Crippen LogP contribution in [0.4, 0.5) is 27.1 Å². The lowest BCUT2D eigenvalue weighted by molar-refractivity contribution is -0.183. The Labute approximate surface area is 199 Å². The molecule has 1 aromatic carbocycles. The number of nitrogens with two attached hydrogens (primary N) is 1. The lowest BCUT2D eigenvalue weighted by Crippen LogP contribution is -2.48. The van der Waals surface area contributed by atoms with Crippen molar-refractivity contribution in [1.82, 2.24) is 24.6 Å². The summed E-state index contributed by atoms with van der Waals surface area (Å²) in [4.78, 5) is 31.7. The van der Waals surface area contributed by atoms with Gasteiger partial charge in [-0.1, -0.05) is 11.3 Å². The summed E-state index contributed by atoms with van der Waals surface area (Å²) in [5.41, 5.74) is 5.74. The highest BCUT2D eigenvalue weighted by molar-refractivity contribution is 7.17. The van der Waals surface area contributed by atoms with Gasteiger partial charge in [-0.2, -0.15) is 18.3 Å². The van der Waals surface area contributed by atoms with Crippen molar-refractivity contribution in [1.29, 1.82) is 0 Å². The molecule has 2 N–H and O–H groups in total. The van der Waals surface area contributed by atoms with Crippen LogP contribution >= 0.6 is 11.3 Å². The molecule has 3 aromatic rings. The van der Waals surface area contributed by atoms with Crippen LogP contribution in [0.3, 0.4) is 0 Å². The van der Waals surface area contributed by atoms with Crippen LogP contribution in [0.2, 0.25) is 0 Å². The molecule has 0 unspecified atom stereocenters. The van der Waals surface area contributed by atoms with Gasteiger partial charge in [-0.3, -0.25) is 14.3 Å². The van der Waals surface area contributed by atoms with Crippen molar-refractivity contribution in [3.05, 3.63) is 40.5 Å². The number of halogens is 5. The second-order valence-corrected chi connectivity index (χ2v) is 9.64. The number of nitrogen functional groups attached to an aromatic ring is 1. The second kappa shape index (κ2) is 8.43. The molecule has 2 aliphatic rings. The highest BCUT2D eigenvalue weighted by atomic mass is 32.1. The molecule has 5 rings (SSSR count). The number of alkyl halides is 3. The molecule has 186 valence electrons. The Morgan fingerprint density at radius 2 is 1.94 bits per heavy atom. The summed E-state index contributed by atoms with van der Waals surface area (Å²) in [6.07, 6.45) is -3.19. The molecule has 8 nitrogen and oxygen atoms in total. The Balaban J connectivity index is 1.41. The van der Waals surface area contributed by atoms with Crippen LogP contribution in [0.25, 0.3) is 10.9 Å². The predicted molar refractivity (Wildman–Crippen MR) is 116 cm³/mol. The first-order valence-corrected chi connectivity index (χ1v) is 11.6. The van der Waals surface area contributed by atoms with Crippen molar-refractivity contribution >= 4 is 39.2 Å². The first kappa shape index (κ1) is 23.5. The van der Waals surface area contributed by atoms with E-state index in [-0.39, 0.29) is 60.1 Å². The summed E-state index contributed by atoms with van der Waals surface area (Å²) < 4.78 is 69.7. The first-order chi connectivity index (χ1) is 16.5. The van der Waals surface area contributed by atoms with E-state index in [4.69, 9.17) is 5.73 Å². The molecule has 2 fully saturated rings. The van der Waals surface area contributed by atoms with E-state index in [0.29, 0.717) is 10.9 Å². The van der Waals surface area contributed by atoms with Crippen molar-refractivity contribution < 1.29 is 31.5 Å². The molecule has 0 spiro atoms. The molecular weight excluding hydrogens is 495 g/mol. The molecule has 14 heteroatoms. The van der Waals surface area contributed by atoms with E-state index in [1.165, 1.54) is 11.1 Å². The van der Waals surface area contributed by atoms with Gasteiger partial charge < -0.3 is 15.5 Å². The van der Waals surface area contributed by atoms with Crippen LogP contribution in [-0.4, -0.2) is 68.2 Å². The topological polar surface area (TPSA) is 97.3 Å². The minimum Gasteiger partial charge on any atom is -0.375 e. The lowest BCUT2D eigenvalue weighted by Gasteiger charge is -2.38.